The predicted octanol–water partition coefficient (Wildman–Crippen LogP) is 3.82. The van der Waals surface area contributed by atoms with Gasteiger partial charge in [-0.15, -0.1) is 5.10 Å². The lowest BCUT2D eigenvalue weighted by Gasteiger charge is -2.26. The number of nitrogens with one attached hydrogen (secondary N) is 1. The van der Waals surface area contributed by atoms with E-state index in [2.05, 4.69) is 27.8 Å². The van der Waals surface area contributed by atoms with Gasteiger partial charge < -0.3 is 5.11 Å². The van der Waals surface area contributed by atoms with Crippen molar-refractivity contribution in [2.45, 2.75) is 51.7 Å². The van der Waals surface area contributed by atoms with Crippen molar-refractivity contribution in [1.29, 1.82) is 0 Å². The van der Waals surface area contributed by atoms with Crippen molar-refractivity contribution in [3.8, 4) is 0 Å². The van der Waals surface area contributed by atoms with E-state index in [0.717, 1.165) is 24.0 Å². The van der Waals surface area contributed by atoms with Crippen LogP contribution in [-0.2, 0) is 11.3 Å². The molecule has 2 N–H and O–H groups in total. The minimum Gasteiger partial charge on any atom is -0.481 e. The highest BCUT2D eigenvalue weighted by molar-refractivity contribution is 5.68. The number of nitrogens with zero attached hydrogens (tertiary/aromatic N) is 4. The van der Waals surface area contributed by atoms with Crippen LogP contribution < -0.4 is 5.32 Å². The number of aryl methyl sites for hydroxylation is 2. The summed E-state index contributed by atoms with van der Waals surface area (Å²) in [5.74, 6) is -0.701. The van der Waals surface area contributed by atoms with Crippen LogP contribution in [0.5, 0.6) is 0 Å². The maximum Gasteiger partial charge on any atom is 0.305 e. The van der Waals surface area contributed by atoms with Gasteiger partial charge in [-0.2, -0.15) is 0 Å². The maximum absolute atomic E-state index is 13.4. The molecule has 0 saturated heterocycles. The van der Waals surface area contributed by atoms with Crippen LogP contribution in [0.15, 0.2) is 48.5 Å². The highest BCUT2D eigenvalue weighted by atomic mass is 19.1. The van der Waals surface area contributed by atoms with Crippen LogP contribution in [0.2, 0.25) is 0 Å². The normalized spacial score (nSPS) is 13.2. The van der Waals surface area contributed by atoms with Gasteiger partial charge in [-0.3, -0.25) is 10.1 Å². The molecule has 0 spiro atoms. The van der Waals surface area contributed by atoms with Gasteiger partial charge in [-0.05, 0) is 52.6 Å². The van der Waals surface area contributed by atoms with Crippen molar-refractivity contribution in [1.82, 2.24) is 25.5 Å². The number of rotatable bonds is 10. The Labute approximate surface area is 174 Å². The number of tetrazole rings is 1. The van der Waals surface area contributed by atoms with Crippen molar-refractivity contribution >= 4 is 5.97 Å². The Kier molecular flexibility index (Phi) is 7.24. The van der Waals surface area contributed by atoms with Crippen LogP contribution in [0.25, 0.3) is 0 Å². The highest BCUT2D eigenvalue weighted by Crippen LogP contribution is 2.28. The number of aromatic nitrogens is 4. The summed E-state index contributed by atoms with van der Waals surface area (Å²) in [6.45, 7) is 4.76. The molecule has 1 heterocycles. The van der Waals surface area contributed by atoms with Crippen molar-refractivity contribution in [2.75, 3.05) is 0 Å². The second kappa shape index (κ2) is 10.1. The van der Waals surface area contributed by atoms with Crippen molar-refractivity contribution in [2.24, 2.45) is 0 Å². The fourth-order valence-corrected chi connectivity index (χ4v) is 3.44. The van der Waals surface area contributed by atoms with E-state index in [-0.39, 0.29) is 12.2 Å². The zero-order chi connectivity index (χ0) is 21.5. The van der Waals surface area contributed by atoms with Gasteiger partial charge in [0, 0.05) is 12.6 Å². The molecular weight excluding hydrogens is 385 g/mol. The minimum absolute atomic E-state index is 0.162. The Morgan fingerprint density at radius 3 is 2.60 bits per heavy atom. The second-order valence-corrected chi connectivity index (χ2v) is 7.27. The molecule has 0 bridgehead atoms. The molecule has 0 amide bonds. The van der Waals surface area contributed by atoms with Crippen LogP contribution in [0, 0.1) is 12.7 Å². The molecule has 2 aromatic carbocycles. The molecule has 2 unspecified atom stereocenters. The number of hydrogen-bond donors (Lipinski definition) is 2. The van der Waals surface area contributed by atoms with E-state index >= 15 is 0 Å². The molecular formula is C22H26FN5O2. The van der Waals surface area contributed by atoms with Crippen molar-refractivity contribution in [3.63, 3.8) is 0 Å². The lowest BCUT2D eigenvalue weighted by molar-refractivity contribution is -0.137. The number of benzene rings is 2. The molecule has 3 aromatic rings. The average molecular weight is 411 g/mol. The molecule has 0 fully saturated rings. The van der Waals surface area contributed by atoms with E-state index in [4.69, 9.17) is 0 Å². The highest BCUT2D eigenvalue weighted by Gasteiger charge is 2.27. The zero-order valence-electron chi connectivity index (χ0n) is 17.1. The first-order chi connectivity index (χ1) is 14.5. The molecule has 158 valence electrons. The molecule has 0 aliphatic rings. The predicted molar refractivity (Wildman–Crippen MR) is 110 cm³/mol. The zero-order valence-corrected chi connectivity index (χ0v) is 17.1. The van der Waals surface area contributed by atoms with Crippen LogP contribution in [-0.4, -0.2) is 31.3 Å². The summed E-state index contributed by atoms with van der Waals surface area (Å²) in [5.41, 5.74) is 2.68. The van der Waals surface area contributed by atoms with Gasteiger partial charge >= 0.3 is 5.97 Å². The van der Waals surface area contributed by atoms with E-state index in [9.17, 15) is 14.3 Å². The first-order valence-electron chi connectivity index (χ1n) is 10.0. The Morgan fingerprint density at radius 2 is 1.93 bits per heavy atom. The van der Waals surface area contributed by atoms with Gasteiger partial charge in [0.2, 0.25) is 0 Å². The Hall–Kier alpha value is -3.13. The van der Waals surface area contributed by atoms with Gasteiger partial charge in [0.25, 0.3) is 0 Å². The number of carboxylic acid groups (broad SMARTS) is 1. The van der Waals surface area contributed by atoms with Crippen LogP contribution in [0.4, 0.5) is 4.39 Å². The van der Waals surface area contributed by atoms with Crippen LogP contribution in [0.1, 0.15) is 60.8 Å². The van der Waals surface area contributed by atoms with E-state index in [1.165, 1.54) is 12.1 Å². The summed E-state index contributed by atoms with van der Waals surface area (Å²) in [6.07, 6.45) is 1.76. The number of unbranched alkanes of at least 4 members (excludes halogenated alkanes) is 1. The third-order valence-electron chi connectivity index (χ3n) is 5.06. The molecule has 3 rings (SSSR count). The van der Waals surface area contributed by atoms with E-state index in [1.54, 1.807) is 16.8 Å². The largest absolute Gasteiger partial charge is 0.481 e. The third-order valence-corrected chi connectivity index (χ3v) is 5.06. The van der Waals surface area contributed by atoms with Gasteiger partial charge in [0.1, 0.15) is 5.82 Å². The average Bonchev–Trinajstić information content (AvgIpc) is 3.19. The SMILES string of the molecule is CCCCn1nnnc1C(NC(CC(=O)O)c1ccc(F)cc1)c1ccccc1C. The van der Waals surface area contributed by atoms with Gasteiger partial charge in [-0.1, -0.05) is 49.7 Å². The maximum atomic E-state index is 13.4. The fourth-order valence-electron chi connectivity index (χ4n) is 3.44. The third kappa shape index (κ3) is 5.27. The van der Waals surface area contributed by atoms with Crippen LogP contribution in [0.3, 0.4) is 0 Å². The van der Waals surface area contributed by atoms with Gasteiger partial charge in [0.05, 0.1) is 12.5 Å². The number of halogens is 1. The first kappa shape index (κ1) is 21.6. The quantitative estimate of drug-likeness (QED) is 0.527. The summed E-state index contributed by atoms with van der Waals surface area (Å²) in [5, 5.41) is 25.2. The molecule has 8 heteroatoms. The van der Waals surface area contributed by atoms with Crippen molar-refractivity contribution in [3.05, 3.63) is 76.9 Å². The fraction of sp³-hybridized carbons (Fsp3) is 0.364. The lowest BCUT2D eigenvalue weighted by atomic mass is 9.96. The van der Waals surface area contributed by atoms with Gasteiger partial charge in [-0.25, -0.2) is 9.07 Å². The molecule has 0 saturated carbocycles. The number of carbonyl (C=O) groups is 1. The number of aliphatic carboxylic acids is 1. The standard InChI is InChI=1S/C22H26FN5O2/c1-3-4-13-28-22(25-26-27-28)21(18-8-6-5-7-15(18)2)24-19(14-20(29)30)16-9-11-17(23)12-10-16/h5-12,19,21,24H,3-4,13-14H2,1-2H3,(H,29,30). The summed E-state index contributed by atoms with van der Waals surface area (Å²) in [4.78, 5) is 11.6. The van der Waals surface area contributed by atoms with Crippen LogP contribution >= 0.6 is 0 Å². The molecule has 7 nitrogen and oxygen atoms in total. The molecule has 0 radical (unpaired) electrons. The first-order valence-corrected chi connectivity index (χ1v) is 10.0. The monoisotopic (exact) mass is 411 g/mol. The summed E-state index contributed by atoms with van der Waals surface area (Å²) in [7, 11) is 0. The minimum atomic E-state index is -0.953. The van der Waals surface area contributed by atoms with E-state index < -0.39 is 18.1 Å². The summed E-state index contributed by atoms with van der Waals surface area (Å²) >= 11 is 0. The van der Waals surface area contributed by atoms with Crippen molar-refractivity contribution < 1.29 is 14.3 Å². The molecule has 0 aliphatic heterocycles. The Morgan fingerprint density at radius 1 is 1.20 bits per heavy atom. The summed E-state index contributed by atoms with van der Waals surface area (Å²) in [6, 6.07) is 12.8. The topological polar surface area (TPSA) is 92.9 Å². The summed E-state index contributed by atoms with van der Waals surface area (Å²) < 4.78 is 15.2. The van der Waals surface area contributed by atoms with E-state index in [0.29, 0.717) is 17.9 Å². The molecule has 30 heavy (non-hydrogen) atoms. The lowest BCUT2D eigenvalue weighted by Crippen LogP contribution is -2.32. The molecule has 1 aromatic heterocycles. The van der Waals surface area contributed by atoms with E-state index in [1.807, 2.05) is 31.2 Å². The Bertz CT molecular complexity index is 974. The number of hydrogen-bond acceptors (Lipinski definition) is 5. The van der Waals surface area contributed by atoms with Gasteiger partial charge in [0.15, 0.2) is 5.82 Å². The Balaban J connectivity index is 2.02. The number of carboxylic acids is 1. The second-order valence-electron chi connectivity index (χ2n) is 7.27. The molecule has 2 atom stereocenters. The molecule has 0 aliphatic carbocycles. The smallest absolute Gasteiger partial charge is 0.305 e.